The van der Waals surface area contributed by atoms with Gasteiger partial charge in [0.1, 0.15) is 5.82 Å². The third kappa shape index (κ3) is 4.30. The first-order chi connectivity index (χ1) is 12.8. The van der Waals surface area contributed by atoms with Crippen molar-refractivity contribution in [2.75, 3.05) is 13.1 Å². The average molecular weight is 381 g/mol. The molecule has 3 rings (SSSR count). The summed E-state index contributed by atoms with van der Waals surface area (Å²) in [6.45, 7) is 0.613. The Bertz CT molecular complexity index is 804. The second-order valence-electron chi connectivity index (χ2n) is 6.71. The number of alkyl halides is 3. The highest BCUT2D eigenvalue weighted by atomic mass is 19.4. The minimum absolute atomic E-state index is 0.0441. The molecule has 2 aromatic rings. The van der Waals surface area contributed by atoms with Gasteiger partial charge in [-0.1, -0.05) is 30.3 Å². The van der Waals surface area contributed by atoms with Crippen LogP contribution in [0, 0.1) is 11.7 Å². The lowest BCUT2D eigenvalue weighted by Gasteiger charge is -2.38. The van der Waals surface area contributed by atoms with Crippen LogP contribution in [0.25, 0.3) is 0 Å². The van der Waals surface area contributed by atoms with Gasteiger partial charge >= 0.3 is 12.1 Å². The molecule has 0 amide bonds. The fraction of sp³-hybridized carbons (Fsp3) is 0.350. The van der Waals surface area contributed by atoms with E-state index in [0.29, 0.717) is 24.9 Å². The molecule has 7 heteroatoms. The van der Waals surface area contributed by atoms with Gasteiger partial charge in [0.25, 0.3) is 0 Å². The maximum absolute atomic E-state index is 13.6. The van der Waals surface area contributed by atoms with Gasteiger partial charge in [0, 0.05) is 6.54 Å². The Morgan fingerprint density at radius 2 is 1.78 bits per heavy atom. The van der Waals surface area contributed by atoms with Crippen LogP contribution in [-0.4, -0.2) is 29.1 Å². The van der Waals surface area contributed by atoms with Crippen molar-refractivity contribution in [2.24, 2.45) is 5.92 Å². The van der Waals surface area contributed by atoms with Crippen molar-refractivity contribution in [1.82, 2.24) is 4.90 Å². The summed E-state index contributed by atoms with van der Waals surface area (Å²) >= 11 is 0. The van der Waals surface area contributed by atoms with Crippen LogP contribution in [0.3, 0.4) is 0 Å². The van der Waals surface area contributed by atoms with Gasteiger partial charge in [0.15, 0.2) is 0 Å². The molecule has 1 saturated heterocycles. The number of hydrogen-bond acceptors (Lipinski definition) is 2. The number of aliphatic carboxylic acids is 1. The highest BCUT2D eigenvalue weighted by Gasteiger charge is 2.38. The number of hydrogen-bond donors (Lipinski definition) is 1. The van der Waals surface area contributed by atoms with Crippen molar-refractivity contribution in [3.63, 3.8) is 0 Å². The lowest BCUT2D eigenvalue weighted by Crippen LogP contribution is -2.41. The number of piperidine rings is 1. The standard InChI is InChI=1S/C20H19F4NO2/c21-15-9-7-13(8-10-15)18(25-11-3-4-14(12-25)19(26)27)16-5-1-2-6-17(16)20(22,23)24/h1-2,5-10,14,18H,3-4,11-12H2,(H,26,27). The molecule has 0 bridgehead atoms. The zero-order chi connectivity index (χ0) is 19.6. The monoisotopic (exact) mass is 381 g/mol. The van der Waals surface area contributed by atoms with Gasteiger partial charge in [-0.25, -0.2) is 4.39 Å². The van der Waals surface area contributed by atoms with Crippen molar-refractivity contribution in [1.29, 1.82) is 0 Å². The molecule has 0 aliphatic carbocycles. The van der Waals surface area contributed by atoms with E-state index in [1.54, 1.807) is 4.90 Å². The quantitative estimate of drug-likeness (QED) is 0.779. The second-order valence-corrected chi connectivity index (χ2v) is 6.71. The molecule has 1 fully saturated rings. The molecule has 2 unspecified atom stereocenters. The Morgan fingerprint density at radius 1 is 1.11 bits per heavy atom. The Morgan fingerprint density at radius 3 is 2.41 bits per heavy atom. The van der Waals surface area contributed by atoms with E-state index < -0.39 is 35.5 Å². The molecular weight excluding hydrogens is 362 g/mol. The fourth-order valence-corrected chi connectivity index (χ4v) is 3.67. The highest BCUT2D eigenvalue weighted by molar-refractivity contribution is 5.70. The minimum Gasteiger partial charge on any atom is -0.481 e. The van der Waals surface area contributed by atoms with Crippen LogP contribution in [-0.2, 0) is 11.0 Å². The van der Waals surface area contributed by atoms with E-state index in [1.165, 1.54) is 42.5 Å². The predicted molar refractivity (Wildman–Crippen MR) is 91.6 cm³/mol. The number of nitrogens with zero attached hydrogens (tertiary/aromatic N) is 1. The van der Waals surface area contributed by atoms with E-state index in [1.807, 2.05) is 0 Å². The zero-order valence-electron chi connectivity index (χ0n) is 14.4. The SMILES string of the molecule is O=C(O)C1CCCN(C(c2ccc(F)cc2)c2ccccc2C(F)(F)F)C1. The molecule has 1 N–H and O–H groups in total. The molecular formula is C20H19F4NO2. The second kappa shape index (κ2) is 7.68. The largest absolute Gasteiger partial charge is 0.481 e. The van der Waals surface area contributed by atoms with Crippen LogP contribution in [0.4, 0.5) is 17.6 Å². The van der Waals surface area contributed by atoms with E-state index in [9.17, 15) is 27.5 Å². The lowest BCUT2D eigenvalue weighted by atomic mass is 9.89. The van der Waals surface area contributed by atoms with Gasteiger partial charge in [0.05, 0.1) is 17.5 Å². The predicted octanol–water partition coefficient (Wildman–Crippen LogP) is 4.73. The van der Waals surface area contributed by atoms with Crippen molar-refractivity contribution in [3.8, 4) is 0 Å². The normalized spacial score (nSPS) is 19.6. The molecule has 27 heavy (non-hydrogen) atoms. The van der Waals surface area contributed by atoms with Crippen LogP contribution < -0.4 is 0 Å². The summed E-state index contributed by atoms with van der Waals surface area (Å²) < 4.78 is 54.1. The van der Waals surface area contributed by atoms with Gasteiger partial charge in [-0.05, 0) is 48.7 Å². The van der Waals surface area contributed by atoms with Crippen LogP contribution in [0.2, 0.25) is 0 Å². The summed E-state index contributed by atoms with van der Waals surface area (Å²) in [6.07, 6.45) is -3.48. The summed E-state index contributed by atoms with van der Waals surface area (Å²) in [7, 11) is 0. The number of carboxylic acids is 1. The van der Waals surface area contributed by atoms with Gasteiger partial charge in [-0.3, -0.25) is 9.69 Å². The molecule has 144 valence electrons. The summed E-state index contributed by atoms with van der Waals surface area (Å²) in [5.74, 6) is -2.08. The van der Waals surface area contributed by atoms with Crippen LogP contribution in [0.5, 0.6) is 0 Å². The maximum Gasteiger partial charge on any atom is 0.416 e. The molecule has 1 aliphatic heterocycles. The van der Waals surface area contributed by atoms with E-state index in [0.717, 1.165) is 6.07 Å². The van der Waals surface area contributed by atoms with Crippen molar-refractivity contribution < 1.29 is 27.5 Å². The molecule has 3 nitrogen and oxygen atoms in total. The highest BCUT2D eigenvalue weighted by Crippen LogP contribution is 2.40. The van der Waals surface area contributed by atoms with E-state index >= 15 is 0 Å². The van der Waals surface area contributed by atoms with Crippen molar-refractivity contribution >= 4 is 5.97 Å². The Balaban J connectivity index is 2.09. The maximum atomic E-state index is 13.6. The number of carboxylic acid groups (broad SMARTS) is 1. The van der Waals surface area contributed by atoms with E-state index in [-0.39, 0.29) is 12.1 Å². The Kier molecular flexibility index (Phi) is 5.51. The number of rotatable bonds is 4. The van der Waals surface area contributed by atoms with Gasteiger partial charge in [-0.2, -0.15) is 13.2 Å². The van der Waals surface area contributed by atoms with Crippen LogP contribution in [0.15, 0.2) is 48.5 Å². The summed E-state index contributed by atoms with van der Waals surface area (Å²) in [5, 5.41) is 9.34. The van der Waals surface area contributed by atoms with Crippen LogP contribution >= 0.6 is 0 Å². The van der Waals surface area contributed by atoms with E-state index in [4.69, 9.17) is 0 Å². The third-order valence-corrected chi connectivity index (χ3v) is 4.91. The number of benzene rings is 2. The first-order valence-electron chi connectivity index (χ1n) is 8.66. The molecule has 1 heterocycles. The van der Waals surface area contributed by atoms with E-state index in [2.05, 4.69) is 0 Å². The van der Waals surface area contributed by atoms with Gasteiger partial charge in [0.2, 0.25) is 0 Å². The summed E-state index contributed by atoms with van der Waals surface area (Å²) in [6, 6.07) is 9.80. The fourth-order valence-electron chi connectivity index (χ4n) is 3.67. The topological polar surface area (TPSA) is 40.5 Å². The summed E-state index contributed by atoms with van der Waals surface area (Å²) in [5.41, 5.74) is -0.224. The third-order valence-electron chi connectivity index (χ3n) is 4.91. The summed E-state index contributed by atoms with van der Waals surface area (Å²) in [4.78, 5) is 13.2. The first-order valence-corrected chi connectivity index (χ1v) is 8.66. The number of likely N-dealkylation sites (tertiary alicyclic amines) is 1. The molecule has 0 aromatic heterocycles. The molecule has 0 saturated carbocycles. The van der Waals surface area contributed by atoms with Gasteiger partial charge < -0.3 is 5.11 Å². The van der Waals surface area contributed by atoms with Crippen molar-refractivity contribution in [2.45, 2.75) is 25.1 Å². The van der Waals surface area contributed by atoms with Gasteiger partial charge in [-0.15, -0.1) is 0 Å². The first kappa shape index (κ1) is 19.4. The number of carbonyl (C=O) groups is 1. The van der Waals surface area contributed by atoms with Crippen LogP contribution in [0.1, 0.15) is 35.6 Å². The molecule has 0 spiro atoms. The Hall–Kier alpha value is -2.41. The lowest BCUT2D eigenvalue weighted by molar-refractivity contribution is -0.144. The molecule has 2 atom stereocenters. The average Bonchev–Trinajstić information content (AvgIpc) is 2.63. The smallest absolute Gasteiger partial charge is 0.416 e. The number of halogens is 4. The minimum atomic E-state index is -4.54. The molecule has 2 aromatic carbocycles. The van der Waals surface area contributed by atoms with Crippen molar-refractivity contribution in [3.05, 3.63) is 71.0 Å². The Labute approximate surface area is 154 Å². The molecule has 1 aliphatic rings. The molecule has 0 radical (unpaired) electrons. The zero-order valence-corrected chi connectivity index (χ0v) is 14.4.